The van der Waals surface area contributed by atoms with Crippen molar-refractivity contribution in [2.24, 2.45) is 0 Å². The normalized spacial score (nSPS) is 10.9. The topological polar surface area (TPSA) is 46.2 Å². The van der Waals surface area contributed by atoms with Crippen LogP contribution in [0.4, 0.5) is 5.69 Å². The fraction of sp³-hybridized carbons (Fsp3) is 0.0909. The maximum Gasteiger partial charge on any atom is 0.222 e. The van der Waals surface area contributed by atoms with E-state index in [9.17, 15) is 8.42 Å². The Labute approximate surface area is 104 Å². The van der Waals surface area contributed by atoms with Crippen molar-refractivity contribution in [3.8, 4) is 0 Å². The average molecular weight is 300 g/mol. The number of halogens is 1. The smallest absolute Gasteiger partial charge is 0.222 e. The van der Waals surface area contributed by atoms with Crippen LogP contribution in [0.2, 0.25) is 0 Å². The highest BCUT2D eigenvalue weighted by Gasteiger charge is 2.02. The number of benzene rings is 2. The Morgan fingerprint density at radius 1 is 1.12 bits per heavy atom. The second-order valence-electron chi connectivity index (χ2n) is 3.53. The van der Waals surface area contributed by atoms with Crippen molar-refractivity contribution >= 4 is 43.3 Å². The third-order valence-electron chi connectivity index (χ3n) is 2.36. The highest BCUT2D eigenvalue weighted by atomic mass is 79.9. The summed E-state index contributed by atoms with van der Waals surface area (Å²) in [5.74, 6) is 0. The zero-order valence-corrected chi connectivity index (χ0v) is 11.0. The molecule has 0 radical (unpaired) electrons. The van der Waals surface area contributed by atoms with Crippen LogP contribution in [0.1, 0.15) is 5.56 Å². The summed E-state index contributed by atoms with van der Waals surface area (Å²) in [7, 11) is -2.61. The molecule has 2 aromatic carbocycles. The van der Waals surface area contributed by atoms with E-state index in [1.165, 1.54) is 0 Å². The predicted octanol–water partition coefficient (Wildman–Crippen LogP) is 2.85. The van der Waals surface area contributed by atoms with Crippen LogP contribution in [0.25, 0.3) is 10.8 Å². The molecular weight excluding hydrogens is 290 g/mol. The molecule has 0 fully saturated rings. The molecule has 0 saturated heterocycles. The molecular formula is C11H10BrNO2S. The minimum absolute atomic E-state index is 0.630. The number of rotatable bonds is 2. The maximum atomic E-state index is 10.6. The van der Waals surface area contributed by atoms with Crippen LogP contribution in [-0.2, 0) is 10.9 Å². The van der Waals surface area contributed by atoms with Gasteiger partial charge in [-0.05, 0) is 47.5 Å². The summed E-state index contributed by atoms with van der Waals surface area (Å²) in [5.41, 5.74) is 1.54. The Kier molecular flexibility index (Phi) is 3.16. The Morgan fingerprint density at radius 3 is 2.56 bits per heavy atom. The highest BCUT2D eigenvalue weighted by molar-refractivity contribution is 9.10. The van der Waals surface area contributed by atoms with E-state index >= 15 is 0 Å². The van der Waals surface area contributed by atoms with Crippen molar-refractivity contribution in [2.75, 3.05) is 4.72 Å². The number of anilines is 1. The van der Waals surface area contributed by atoms with Crippen molar-refractivity contribution < 1.29 is 8.42 Å². The molecule has 0 heterocycles. The SMILES string of the molecule is Cc1cc2cc(Br)ccc2cc1N[SH](=O)=O. The zero-order chi connectivity index (χ0) is 11.7. The van der Waals surface area contributed by atoms with Crippen LogP contribution < -0.4 is 4.72 Å². The van der Waals surface area contributed by atoms with Crippen molar-refractivity contribution in [3.05, 3.63) is 40.4 Å². The molecule has 3 nitrogen and oxygen atoms in total. The molecule has 0 aliphatic carbocycles. The van der Waals surface area contributed by atoms with Gasteiger partial charge in [0.1, 0.15) is 0 Å². The predicted molar refractivity (Wildman–Crippen MR) is 70.3 cm³/mol. The molecule has 0 unspecified atom stereocenters. The van der Waals surface area contributed by atoms with Gasteiger partial charge in [-0.25, -0.2) is 8.42 Å². The second-order valence-corrected chi connectivity index (χ2v) is 5.18. The molecule has 0 aliphatic rings. The van der Waals surface area contributed by atoms with Crippen molar-refractivity contribution in [1.29, 1.82) is 0 Å². The van der Waals surface area contributed by atoms with E-state index in [0.717, 1.165) is 20.8 Å². The van der Waals surface area contributed by atoms with E-state index < -0.39 is 10.9 Å². The van der Waals surface area contributed by atoms with E-state index in [2.05, 4.69) is 20.7 Å². The van der Waals surface area contributed by atoms with Crippen LogP contribution in [0.15, 0.2) is 34.8 Å². The molecule has 2 aromatic rings. The first-order chi connectivity index (χ1) is 7.56. The summed E-state index contributed by atoms with van der Waals surface area (Å²) in [6.07, 6.45) is 0. The maximum absolute atomic E-state index is 10.6. The summed E-state index contributed by atoms with van der Waals surface area (Å²) in [4.78, 5) is 0. The van der Waals surface area contributed by atoms with E-state index in [4.69, 9.17) is 0 Å². The molecule has 0 amide bonds. The highest BCUT2D eigenvalue weighted by Crippen LogP contribution is 2.26. The fourth-order valence-electron chi connectivity index (χ4n) is 1.60. The van der Waals surface area contributed by atoms with Gasteiger partial charge >= 0.3 is 0 Å². The van der Waals surface area contributed by atoms with Gasteiger partial charge in [-0.1, -0.05) is 22.0 Å². The molecule has 0 spiro atoms. The molecule has 0 bridgehead atoms. The van der Waals surface area contributed by atoms with Gasteiger partial charge in [-0.2, -0.15) is 0 Å². The van der Waals surface area contributed by atoms with Crippen LogP contribution in [0.3, 0.4) is 0 Å². The largest absolute Gasteiger partial charge is 0.285 e. The molecule has 0 saturated carbocycles. The lowest BCUT2D eigenvalue weighted by atomic mass is 10.1. The number of hydrogen-bond donors (Lipinski definition) is 2. The third kappa shape index (κ3) is 2.36. The molecule has 2 rings (SSSR count). The van der Waals surface area contributed by atoms with Crippen LogP contribution >= 0.6 is 15.9 Å². The summed E-state index contributed by atoms with van der Waals surface area (Å²) >= 11 is 3.40. The zero-order valence-electron chi connectivity index (χ0n) is 8.53. The van der Waals surface area contributed by atoms with Crippen LogP contribution in [0, 0.1) is 6.92 Å². The number of hydrogen-bond acceptors (Lipinski definition) is 2. The van der Waals surface area contributed by atoms with Gasteiger partial charge in [0.25, 0.3) is 0 Å². The van der Waals surface area contributed by atoms with Crippen molar-refractivity contribution in [1.82, 2.24) is 0 Å². The number of nitrogens with one attached hydrogen (secondary N) is 1. The Balaban J connectivity index is 2.62. The van der Waals surface area contributed by atoms with Gasteiger partial charge in [-0.15, -0.1) is 0 Å². The van der Waals surface area contributed by atoms with E-state index in [0.29, 0.717) is 5.69 Å². The van der Waals surface area contributed by atoms with Crippen LogP contribution in [0.5, 0.6) is 0 Å². The van der Waals surface area contributed by atoms with Gasteiger partial charge < -0.3 is 0 Å². The second kappa shape index (κ2) is 4.43. The summed E-state index contributed by atoms with van der Waals surface area (Å²) in [6, 6.07) is 9.67. The first kappa shape index (κ1) is 11.4. The minimum Gasteiger partial charge on any atom is -0.285 e. The molecule has 84 valence electrons. The monoisotopic (exact) mass is 299 g/mol. The van der Waals surface area contributed by atoms with Crippen molar-refractivity contribution in [3.63, 3.8) is 0 Å². The van der Waals surface area contributed by atoms with Gasteiger partial charge in [0.05, 0.1) is 5.69 Å². The molecule has 0 aromatic heterocycles. The van der Waals surface area contributed by atoms with Gasteiger partial charge in [-0.3, -0.25) is 4.72 Å². The standard InChI is InChI=1S/C11H10BrNO2S/c1-7-4-9-5-10(12)3-2-8(9)6-11(7)13-16(14)15/h2-6,16H,1H3,(H,13,14,15). The number of fused-ring (bicyclic) bond motifs is 1. The Morgan fingerprint density at radius 2 is 1.88 bits per heavy atom. The first-order valence-electron chi connectivity index (χ1n) is 4.67. The van der Waals surface area contributed by atoms with E-state index in [1.54, 1.807) is 0 Å². The Hall–Kier alpha value is -1.07. The van der Waals surface area contributed by atoms with Gasteiger partial charge in [0.2, 0.25) is 10.9 Å². The lowest BCUT2D eigenvalue weighted by Crippen LogP contribution is -1.97. The molecule has 0 aliphatic heterocycles. The molecule has 5 heteroatoms. The van der Waals surface area contributed by atoms with E-state index in [-0.39, 0.29) is 0 Å². The lowest BCUT2D eigenvalue weighted by Gasteiger charge is -2.07. The van der Waals surface area contributed by atoms with Crippen molar-refractivity contribution in [2.45, 2.75) is 6.92 Å². The molecule has 0 atom stereocenters. The summed E-state index contributed by atoms with van der Waals surface area (Å²) in [6.45, 7) is 1.88. The summed E-state index contributed by atoms with van der Waals surface area (Å²) in [5, 5.41) is 2.09. The first-order valence-corrected chi connectivity index (χ1v) is 6.64. The fourth-order valence-corrected chi connectivity index (χ4v) is 2.42. The number of aryl methyl sites for hydroxylation is 1. The van der Waals surface area contributed by atoms with Gasteiger partial charge in [0, 0.05) is 4.47 Å². The molecule has 1 N–H and O–H groups in total. The Bertz CT molecular complexity index is 615. The van der Waals surface area contributed by atoms with Crippen LogP contribution in [-0.4, -0.2) is 8.42 Å². The minimum atomic E-state index is -2.61. The summed E-state index contributed by atoms with van der Waals surface area (Å²) < 4.78 is 24.7. The number of thiol groups is 1. The van der Waals surface area contributed by atoms with Gasteiger partial charge in [0.15, 0.2) is 0 Å². The lowest BCUT2D eigenvalue weighted by molar-refractivity contribution is 0.619. The third-order valence-corrected chi connectivity index (χ3v) is 3.27. The average Bonchev–Trinajstić information content (AvgIpc) is 2.19. The van der Waals surface area contributed by atoms with E-state index in [1.807, 2.05) is 37.3 Å². The quantitative estimate of drug-likeness (QED) is 0.838. The molecule has 16 heavy (non-hydrogen) atoms.